The van der Waals surface area contributed by atoms with Crippen molar-refractivity contribution in [2.24, 2.45) is 4.99 Å². The average molecular weight is 538 g/mol. The standard InChI is InChI=1S/C18H21BrFN3O2.HI/c1-21-18(23-11-13-8-14(20)5-7-16(13)19)22-10-12-4-6-15(24-2)9-17(12)25-3;/h4-9H,10-11H2,1-3H3,(H2,21,22,23);1H. The third-order valence-electron chi connectivity index (χ3n) is 3.62. The van der Waals surface area contributed by atoms with E-state index in [2.05, 4.69) is 31.6 Å². The first kappa shape index (κ1) is 22.5. The molecule has 0 spiro atoms. The highest BCUT2D eigenvalue weighted by Gasteiger charge is 2.07. The Morgan fingerprint density at radius 2 is 1.73 bits per heavy atom. The fraction of sp³-hybridized carbons (Fsp3) is 0.278. The van der Waals surface area contributed by atoms with Crippen molar-refractivity contribution in [3.8, 4) is 11.5 Å². The molecule has 5 nitrogen and oxygen atoms in total. The van der Waals surface area contributed by atoms with Crippen LogP contribution < -0.4 is 20.1 Å². The summed E-state index contributed by atoms with van der Waals surface area (Å²) in [6, 6.07) is 10.2. The smallest absolute Gasteiger partial charge is 0.191 e. The zero-order valence-electron chi connectivity index (χ0n) is 14.8. The van der Waals surface area contributed by atoms with Gasteiger partial charge in [0.25, 0.3) is 0 Å². The van der Waals surface area contributed by atoms with Crippen LogP contribution in [0.1, 0.15) is 11.1 Å². The van der Waals surface area contributed by atoms with Gasteiger partial charge in [-0.25, -0.2) is 4.39 Å². The zero-order valence-corrected chi connectivity index (χ0v) is 18.7. The predicted molar refractivity (Wildman–Crippen MR) is 116 cm³/mol. The van der Waals surface area contributed by atoms with Crippen LogP contribution in [0.5, 0.6) is 11.5 Å². The molecule has 142 valence electrons. The van der Waals surface area contributed by atoms with E-state index in [-0.39, 0.29) is 29.8 Å². The van der Waals surface area contributed by atoms with E-state index in [1.54, 1.807) is 27.3 Å². The first-order valence-corrected chi connectivity index (χ1v) is 8.46. The van der Waals surface area contributed by atoms with Crippen molar-refractivity contribution in [3.63, 3.8) is 0 Å². The van der Waals surface area contributed by atoms with E-state index in [9.17, 15) is 4.39 Å². The summed E-state index contributed by atoms with van der Waals surface area (Å²) in [7, 11) is 4.91. The Morgan fingerprint density at radius 3 is 2.35 bits per heavy atom. The van der Waals surface area contributed by atoms with Crippen molar-refractivity contribution < 1.29 is 13.9 Å². The molecule has 0 amide bonds. The minimum atomic E-state index is -0.272. The number of methoxy groups -OCH3 is 2. The van der Waals surface area contributed by atoms with Crippen LogP contribution in [0.25, 0.3) is 0 Å². The van der Waals surface area contributed by atoms with Gasteiger partial charge in [-0.15, -0.1) is 24.0 Å². The van der Waals surface area contributed by atoms with Gasteiger partial charge < -0.3 is 20.1 Å². The monoisotopic (exact) mass is 537 g/mol. The van der Waals surface area contributed by atoms with E-state index < -0.39 is 0 Å². The molecule has 0 atom stereocenters. The number of ether oxygens (including phenoxy) is 2. The lowest BCUT2D eigenvalue weighted by atomic mass is 10.2. The van der Waals surface area contributed by atoms with E-state index in [0.29, 0.717) is 19.0 Å². The summed E-state index contributed by atoms with van der Waals surface area (Å²) < 4.78 is 24.8. The molecule has 26 heavy (non-hydrogen) atoms. The second kappa shape index (κ2) is 11.2. The number of nitrogens with zero attached hydrogens (tertiary/aromatic N) is 1. The van der Waals surface area contributed by atoms with Crippen molar-refractivity contribution in [3.05, 3.63) is 57.8 Å². The van der Waals surface area contributed by atoms with Gasteiger partial charge in [-0.2, -0.15) is 0 Å². The Balaban J connectivity index is 0.00000338. The van der Waals surface area contributed by atoms with Crippen molar-refractivity contribution in [1.82, 2.24) is 10.6 Å². The summed E-state index contributed by atoms with van der Waals surface area (Å²) in [5.41, 5.74) is 1.78. The SMILES string of the molecule is CN=C(NCc1cc(F)ccc1Br)NCc1ccc(OC)cc1OC.I. The van der Waals surface area contributed by atoms with E-state index in [4.69, 9.17) is 9.47 Å². The van der Waals surface area contributed by atoms with E-state index >= 15 is 0 Å². The van der Waals surface area contributed by atoms with Crippen molar-refractivity contribution in [2.45, 2.75) is 13.1 Å². The fourth-order valence-corrected chi connectivity index (χ4v) is 2.64. The van der Waals surface area contributed by atoms with Crippen molar-refractivity contribution in [1.29, 1.82) is 0 Å². The van der Waals surface area contributed by atoms with Crippen LogP contribution in [-0.4, -0.2) is 27.2 Å². The van der Waals surface area contributed by atoms with Crippen molar-refractivity contribution >= 4 is 45.9 Å². The molecule has 0 unspecified atom stereocenters. The minimum Gasteiger partial charge on any atom is -0.497 e. The molecular weight excluding hydrogens is 516 g/mol. The number of nitrogens with one attached hydrogen (secondary N) is 2. The number of rotatable bonds is 6. The van der Waals surface area contributed by atoms with Gasteiger partial charge in [-0.05, 0) is 35.9 Å². The number of halogens is 3. The second-order valence-corrected chi connectivity index (χ2v) is 6.05. The lowest BCUT2D eigenvalue weighted by Gasteiger charge is -2.15. The molecule has 2 N–H and O–H groups in total. The number of guanidine groups is 1. The molecule has 0 bridgehead atoms. The van der Waals surface area contributed by atoms with Crippen molar-refractivity contribution in [2.75, 3.05) is 21.3 Å². The van der Waals surface area contributed by atoms with Crippen LogP contribution in [0.2, 0.25) is 0 Å². The normalized spacial score (nSPS) is 10.7. The Hall–Kier alpha value is -1.55. The van der Waals surface area contributed by atoms with Gasteiger partial charge in [-0.1, -0.05) is 15.9 Å². The third kappa shape index (κ3) is 6.31. The lowest BCUT2D eigenvalue weighted by Crippen LogP contribution is -2.36. The summed E-state index contributed by atoms with van der Waals surface area (Å²) in [4.78, 5) is 4.18. The van der Waals surface area contributed by atoms with Gasteiger partial charge in [0.2, 0.25) is 0 Å². The second-order valence-electron chi connectivity index (χ2n) is 5.19. The fourth-order valence-electron chi connectivity index (χ4n) is 2.26. The highest BCUT2D eigenvalue weighted by atomic mass is 127. The van der Waals surface area contributed by atoms with Gasteiger partial charge in [0, 0.05) is 36.2 Å². The van der Waals surface area contributed by atoms with Crippen LogP contribution in [0.4, 0.5) is 4.39 Å². The molecule has 0 heterocycles. The van der Waals surface area contributed by atoms with Crippen LogP contribution in [0.3, 0.4) is 0 Å². The molecule has 0 fully saturated rings. The molecular formula is C18H22BrFIN3O2. The predicted octanol–water partition coefficient (Wildman–Crippen LogP) is 4.09. The van der Waals surface area contributed by atoms with Gasteiger partial charge in [0.1, 0.15) is 17.3 Å². The number of hydrogen-bond acceptors (Lipinski definition) is 3. The Labute approximate surface area is 178 Å². The minimum absolute atomic E-state index is 0. The Morgan fingerprint density at radius 1 is 1.04 bits per heavy atom. The lowest BCUT2D eigenvalue weighted by molar-refractivity contribution is 0.390. The molecule has 0 aliphatic rings. The first-order valence-electron chi connectivity index (χ1n) is 7.66. The summed E-state index contributed by atoms with van der Waals surface area (Å²) in [6.07, 6.45) is 0. The van der Waals surface area contributed by atoms with Crippen LogP contribution >= 0.6 is 39.9 Å². The molecule has 0 radical (unpaired) electrons. The van der Waals surface area contributed by atoms with Gasteiger partial charge >= 0.3 is 0 Å². The molecule has 0 aromatic heterocycles. The van der Waals surface area contributed by atoms with Crippen LogP contribution in [0.15, 0.2) is 45.9 Å². The largest absolute Gasteiger partial charge is 0.497 e. The van der Waals surface area contributed by atoms with Crippen LogP contribution in [-0.2, 0) is 13.1 Å². The number of benzene rings is 2. The van der Waals surface area contributed by atoms with E-state index in [0.717, 1.165) is 27.1 Å². The molecule has 2 aromatic rings. The summed E-state index contributed by atoms with van der Waals surface area (Å²) in [5.74, 6) is 1.80. The molecule has 0 aliphatic carbocycles. The first-order chi connectivity index (χ1) is 12.1. The maximum atomic E-state index is 13.3. The van der Waals surface area contributed by atoms with Gasteiger partial charge in [0.15, 0.2) is 5.96 Å². The average Bonchev–Trinajstić information content (AvgIpc) is 2.64. The summed E-state index contributed by atoms with van der Waals surface area (Å²) >= 11 is 3.42. The third-order valence-corrected chi connectivity index (χ3v) is 4.39. The molecule has 0 saturated heterocycles. The number of hydrogen-bond donors (Lipinski definition) is 2. The molecule has 0 saturated carbocycles. The number of aliphatic imine (C=N–C) groups is 1. The van der Waals surface area contributed by atoms with Crippen LogP contribution in [0, 0.1) is 5.82 Å². The highest BCUT2D eigenvalue weighted by Crippen LogP contribution is 2.24. The molecule has 8 heteroatoms. The van der Waals surface area contributed by atoms with Gasteiger partial charge in [0.05, 0.1) is 14.2 Å². The maximum Gasteiger partial charge on any atom is 0.191 e. The quantitative estimate of drug-likeness (QED) is 0.331. The van der Waals surface area contributed by atoms with Gasteiger partial charge in [-0.3, -0.25) is 4.99 Å². The summed E-state index contributed by atoms with van der Waals surface area (Å²) in [6.45, 7) is 0.967. The van der Waals surface area contributed by atoms with E-state index in [1.807, 2.05) is 18.2 Å². The molecule has 2 rings (SSSR count). The highest BCUT2D eigenvalue weighted by molar-refractivity contribution is 14.0. The summed E-state index contributed by atoms with van der Waals surface area (Å²) in [5, 5.41) is 6.37. The molecule has 2 aromatic carbocycles. The van der Waals surface area contributed by atoms with E-state index in [1.165, 1.54) is 12.1 Å². The molecule has 0 aliphatic heterocycles. The Bertz CT molecular complexity index is 759. The maximum absolute atomic E-state index is 13.3. The zero-order chi connectivity index (χ0) is 18.2. The topological polar surface area (TPSA) is 54.9 Å². The Kier molecular flexibility index (Phi) is 9.71.